The number of para-hydroxylation sites is 1. The number of esters is 1. The van der Waals surface area contributed by atoms with Crippen molar-refractivity contribution in [2.24, 2.45) is 5.92 Å². The van der Waals surface area contributed by atoms with Crippen LogP contribution in [-0.2, 0) is 16.0 Å². The highest BCUT2D eigenvalue weighted by Gasteiger charge is 2.34. The molecule has 4 nitrogen and oxygen atoms in total. The van der Waals surface area contributed by atoms with Gasteiger partial charge in [0.15, 0.2) is 5.78 Å². The van der Waals surface area contributed by atoms with E-state index in [1.54, 1.807) is 13.0 Å². The first-order chi connectivity index (χ1) is 9.34. The van der Waals surface area contributed by atoms with E-state index < -0.39 is 5.92 Å². The Balaban J connectivity index is 2.25. The average Bonchev–Trinajstić information content (AvgIpc) is 2.71. The van der Waals surface area contributed by atoms with E-state index in [-0.39, 0.29) is 23.8 Å². The molecule has 0 N–H and O–H groups in total. The van der Waals surface area contributed by atoms with Crippen molar-refractivity contribution in [2.45, 2.75) is 39.2 Å². The number of methoxy groups -OCH3 is 1. The molecule has 20 heavy (non-hydrogen) atoms. The predicted octanol–water partition coefficient (Wildman–Crippen LogP) is 2.78. The smallest absolute Gasteiger partial charge is 0.306 e. The first-order valence-corrected chi connectivity index (χ1v) is 6.76. The van der Waals surface area contributed by atoms with E-state index in [9.17, 15) is 9.59 Å². The van der Waals surface area contributed by atoms with Crippen LogP contribution in [0.4, 0.5) is 0 Å². The fourth-order valence-corrected chi connectivity index (χ4v) is 2.50. The van der Waals surface area contributed by atoms with Crippen LogP contribution in [0.3, 0.4) is 0 Å². The number of hydrogen-bond acceptors (Lipinski definition) is 4. The van der Waals surface area contributed by atoms with Gasteiger partial charge in [0.2, 0.25) is 0 Å². The molecule has 1 aliphatic rings. The maximum Gasteiger partial charge on any atom is 0.306 e. The Morgan fingerprint density at radius 2 is 2.10 bits per heavy atom. The minimum Gasteiger partial charge on any atom is -0.486 e. The number of ether oxygens (including phenoxy) is 2. The van der Waals surface area contributed by atoms with E-state index in [1.165, 1.54) is 7.11 Å². The molecule has 0 spiro atoms. The molecule has 0 saturated heterocycles. The minimum atomic E-state index is -0.415. The number of rotatable bonds is 4. The van der Waals surface area contributed by atoms with E-state index >= 15 is 0 Å². The van der Waals surface area contributed by atoms with Crippen LogP contribution >= 0.6 is 0 Å². The van der Waals surface area contributed by atoms with Crippen molar-refractivity contribution >= 4 is 11.8 Å². The lowest BCUT2D eigenvalue weighted by Crippen LogP contribution is -2.25. The van der Waals surface area contributed by atoms with Gasteiger partial charge in [0, 0.05) is 12.3 Å². The summed E-state index contributed by atoms with van der Waals surface area (Å²) in [5, 5.41) is 0. The molecule has 0 bridgehead atoms. The fraction of sp³-hybridized carbons (Fsp3) is 0.500. The summed E-state index contributed by atoms with van der Waals surface area (Å²) in [6.07, 6.45) is 0.872. The van der Waals surface area contributed by atoms with Crippen LogP contribution in [0, 0.1) is 5.92 Å². The Morgan fingerprint density at radius 1 is 1.40 bits per heavy atom. The summed E-state index contributed by atoms with van der Waals surface area (Å²) in [5.74, 6) is -0.204. The van der Waals surface area contributed by atoms with Crippen molar-refractivity contribution in [1.82, 2.24) is 0 Å². The quantitative estimate of drug-likeness (QED) is 0.627. The van der Waals surface area contributed by atoms with Crippen LogP contribution in [0.1, 0.15) is 43.1 Å². The van der Waals surface area contributed by atoms with Gasteiger partial charge in [0.25, 0.3) is 0 Å². The third-order valence-electron chi connectivity index (χ3n) is 3.50. The van der Waals surface area contributed by atoms with E-state index in [0.717, 1.165) is 12.0 Å². The van der Waals surface area contributed by atoms with E-state index in [0.29, 0.717) is 11.3 Å². The molecule has 1 aromatic rings. The molecule has 0 saturated carbocycles. The van der Waals surface area contributed by atoms with Gasteiger partial charge >= 0.3 is 5.97 Å². The molecule has 0 aromatic heterocycles. The molecule has 1 heterocycles. The summed E-state index contributed by atoms with van der Waals surface area (Å²) in [7, 11) is 1.32. The zero-order chi connectivity index (χ0) is 14.9. The van der Waals surface area contributed by atoms with Crippen molar-refractivity contribution < 1.29 is 19.1 Å². The second-order valence-electron chi connectivity index (χ2n) is 5.88. The minimum absolute atomic E-state index is 0.0787. The largest absolute Gasteiger partial charge is 0.486 e. The second kappa shape index (κ2) is 5.27. The lowest BCUT2D eigenvalue weighted by Gasteiger charge is -2.18. The molecule has 1 aromatic carbocycles. The SMILES string of the molecule is COC(=O)CC(C)C(=O)c1cccc2c1OC(C)(C)C2. The molecule has 108 valence electrons. The van der Waals surface area contributed by atoms with Gasteiger partial charge in [0.05, 0.1) is 19.1 Å². The van der Waals surface area contributed by atoms with Gasteiger partial charge in [0.1, 0.15) is 11.4 Å². The third kappa shape index (κ3) is 2.84. The Bertz CT molecular complexity index is 545. The van der Waals surface area contributed by atoms with Gasteiger partial charge in [-0.3, -0.25) is 9.59 Å². The van der Waals surface area contributed by atoms with Crippen LogP contribution in [-0.4, -0.2) is 24.5 Å². The molecule has 0 fully saturated rings. The summed E-state index contributed by atoms with van der Waals surface area (Å²) >= 11 is 0. The fourth-order valence-electron chi connectivity index (χ4n) is 2.50. The number of carbonyl (C=O) groups excluding carboxylic acids is 2. The molecular weight excluding hydrogens is 256 g/mol. The Labute approximate surface area is 119 Å². The summed E-state index contributed by atoms with van der Waals surface area (Å²) in [6.45, 7) is 5.73. The number of carbonyl (C=O) groups is 2. The van der Waals surface area contributed by atoms with Crippen molar-refractivity contribution in [1.29, 1.82) is 0 Å². The molecule has 1 unspecified atom stereocenters. The summed E-state index contributed by atoms with van der Waals surface area (Å²) < 4.78 is 10.5. The topological polar surface area (TPSA) is 52.6 Å². The Morgan fingerprint density at radius 3 is 2.75 bits per heavy atom. The van der Waals surface area contributed by atoms with Gasteiger partial charge in [-0.2, -0.15) is 0 Å². The maximum atomic E-state index is 12.5. The van der Waals surface area contributed by atoms with Crippen LogP contribution in [0.5, 0.6) is 5.75 Å². The standard InChI is InChI=1S/C16H20O4/c1-10(8-13(17)19-4)14(18)12-7-5-6-11-9-16(2,3)20-15(11)12/h5-7,10H,8-9H2,1-4H3. The average molecular weight is 276 g/mol. The van der Waals surface area contributed by atoms with Crippen molar-refractivity contribution in [3.63, 3.8) is 0 Å². The molecule has 2 rings (SSSR count). The van der Waals surface area contributed by atoms with Crippen molar-refractivity contribution in [3.8, 4) is 5.75 Å². The Hall–Kier alpha value is -1.84. The molecule has 0 amide bonds. The van der Waals surface area contributed by atoms with Gasteiger partial charge in [-0.25, -0.2) is 0 Å². The molecular formula is C16H20O4. The zero-order valence-electron chi connectivity index (χ0n) is 12.4. The zero-order valence-corrected chi connectivity index (χ0v) is 12.4. The summed E-state index contributed by atoms with van der Waals surface area (Å²) in [4.78, 5) is 23.8. The Kier molecular flexibility index (Phi) is 3.84. The molecule has 0 aliphatic carbocycles. The monoisotopic (exact) mass is 276 g/mol. The molecule has 1 aliphatic heterocycles. The van der Waals surface area contributed by atoms with Crippen LogP contribution in [0.2, 0.25) is 0 Å². The second-order valence-corrected chi connectivity index (χ2v) is 5.88. The van der Waals surface area contributed by atoms with Crippen LogP contribution in [0.25, 0.3) is 0 Å². The van der Waals surface area contributed by atoms with Gasteiger partial charge in [-0.15, -0.1) is 0 Å². The number of Topliss-reactive ketones (excluding diaryl/α,β-unsaturated/α-hetero) is 1. The summed E-state index contributed by atoms with van der Waals surface area (Å²) in [6, 6.07) is 5.60. The van der Waals surface area contributed by atoms with Gasteiger partial charge in [-0.1, -0.05) is 19.1 Å². The lowest BCUT2D eigenvalue weighted by atomic mass is 9.93. The third-order valence-corrected chi connectivity index (χ3v) is 3.50. The predicted molar refractivity (Wildman–Crippen MR) is 75.0 cm³/mol. The van der Waals surface area contributed by atoms with Crippen LogP contribution in [0.15, 0.2) is 18.2 Å². The molecule has 1 atom stereocenters. The highest BCUT2D eigenvalue weighted by Crippen LogP contribution is 2.38. The van der Waals surface area contributed by atoms with E-state index in [1.807, 2.05) is 26.0 Å². The maximum absolute atomic E-state index is 12.5. The first kappa shape index (κ1) is 14.6. The molecule has 0 radical (unpaired) electrons. The number of hydrogen-bond donors (Lipinski definition) is 0. The van der Waals surface area contributed by atoms with E-state index in [4.69, 9.17) is 4.74 Å². The number of ketones is 1. The lowest BCUT2D eigenvalue weighted by molar-refractivity contribution is -0.141. The number of benzene rings is 1. The first-order valence-electron chi connectivity index (χ1n) is 6.76. The van der Waals surface area contributed by atoms with Gasteiger partial charge in [-0.05, 0) is 25.5 Å². The van der Waals surface area contributed by atoms with Crippen LogP contribution < -0.4 is 4.74 Å². The normalized spacial score (nSPS) is 17.0. The van der Waals surface area contributed by atoms with Crippen molar-refractivity contribution in [2.75, 3.05) is 7.11 Å². The number of fused-ring (bicyclic) bond motifs is 1. The molecule has 4 heteroatoms. The van der Waals surface area contributed by atoms with Gasteiger partial charge < -0.3 is 9.47 Å². The summed E-state index contributed by atoms with van der Waals surface area (Å²) in [5.41, 5.74) is 1.32. The van der Waals surface area contributed by atoms with E-state index in [2.05, 4.69) is 4.74 Å². The highest BCUT2D eigenvalue weighted by atomic mass is 16.5. The highest BCUT2D eigenvalue weighted by molar-refractivity contribution is 6.02. The van der Waals surface area contributed by atoms with Crippen molar-refractivity contribution in [3.05, 3.63) is 29.3 Å².